The molecule has 0 radical (unpaired) electrons. The smallest absolute Gasteiger partial charge is 0.412 e. The Morgan fingerprint density at radius 2 is 1.92 bits per heavy atom. The molecule has 1 amide bonds. The van der Waals surface area contributed by atoms with E-state index in [1.54, 1.807) is 0 Å². The number of likely N-dealkylation sites (tertiary alicyclic amines) is 1. The molecule has 24 heavy (non-hydrogen) atoms. The lowest BCUT2D eigenvalue weighted by molar-refractivity contribution is 0.0636. The van der Waals surface area contributed by atoms with Gasteiger partial charge in [0.05, 0.1) is 5.69 Å². The minimum Gasteiger partial charge on any atom is -0.444 e. The number of hydrogen-bond acceptors (Lipinski definition) is 3. The van der Waals surface area contributed by atoms with Crippen molar-refractivity contribution in [3.05, 3.63) is 42.0 Å². The Bertz CT molecular complexity index is 728. The number of fused-ring (bicyclic) bond motifs is 1. The van der Waals surface area contributed by atoms with Gasteiger partial charge < -0.3 is 4.74 Å². The normalized spacial score (nSPS) is 15.6. The van der Waals surface area contributed by atoms with Crippen molar-refractivity contribution in [2.24, 2.45) is 0 Å². The zero-order valence-electron chi connectivity index (χ0n) is 14.8. The standard InChI is InChI=1S/C20H26N2O2/c1-20(2,3)24-19(23)21-18-8-6-7-16-13-15(9-10-17(16)18)14-22-11-4-5-12-22/h6-10,13H,4-5,11-12,14H2,1-3H3,(H,21,23). The number of amides is 1. The van der Waals surface area contributed by atoms with Gasteiger partial charge in [0.2, 0.25) is 0 Å². The minimum atomic E-state index is -0.502. The third-order valence-electron chi connectivity index (χ3n) is 4.19. The predicted octanol–water partition coefficient (Wildman–Crippen LogP) is 4.78. The van der Waals surface area contributed by atoms with Crippen molar-refractivity contribution >= 4 is 22.6 Å². The van der Waals surface area contributed by atoms with E-state index in [-0.39, 0.29) is 0 Å². The van der Waals surface area contributed by atoms with Crippen molar-refractivity contribution in [1.82, 2.24) is 4.90 Å². The fourth-order valence-corrected chi connectivity index (χ4v) is 3.15. The summed E-state index contributed by atoms with van der Waals surface area (Å²) in [6, 6.07) is 12.4. The molecule has 0 atom stereocenters. The summed E-state index contributed by atoms with van der Waals surface area (Å²) in [7, 11) is 0. The van der Waals surface area contributed by atoms with Crippen molar-refractivity contribution in [3.63, 3.8) is 0 Å². The van der Waals surface area contributed by atoms with Crippen LogP contribution in [0.5, 0.6) is 0 Å². The van der Waals surface area contributed by atoms with Crippen LogP contribution in [-0.4, -0.2) is 29.7 Å². The van der Waals surface area contributed by atoms with Crippen LogP contribution in [0.4, 0.5) is 10.5 Å². The summed E-state index contributed by atoms with van der Waals surface area (Å²) in [5.74, 6) is 0. The quantitative estimate of drug-likeness (QED) is 0.882. The largest absolute Gasteiger partial charge is 0.444 e. The second-order valence-corrected chi connectivity index (χ2v) is 7.47. The third kappa shape index (κ3) is 4.26. The first-order chi connectivity index (χ1) is 11.4. The van der Waals surface area contributed by atoms with E-state index in [1.165, 1.54) is 31.5 Å². The SMILES string of the molecule is CC(C)(C)OC(=O)Nc1cccc2cc(CN3CCCC3)ccc12. The van der Waals surface area contributed by atoms with Crippen molar-refractivity contribution in [1.29, 1.82) is 0 Å². The first kappa shape index (κ1) is 16.8. The van der Waals surface area contributed by atoms with Crippen LogP contribution in [0.2, 0.25) is 0 Å². The second kappa shape index (κ2) is 6.81. The summed E-state index contributed by atoms with van der Waals surface area (Å²) in [5, 5.41) is 5.04. The lowest BCUT2D eigenvalue weighted by Crippen LogP contribution is -2.27. The lowest BCUT2D eigenvalue weighted by Gasteiger charge is -2.20. The molecule has 3 rings (SSSR count). The number of hydrogen-bond donors (Lipinski definition) is 1. The van der Waals surface area contributed by atoms with E-state index in [2.05, 4.69) is 34.5 Å². The van der Waals surface area contributed by atoms with Gasteiger partial charge in [-0.3, -0.25) is 10.2 Å². The summed E-state index contributed by atoms with van der Waals surface area (Å²) in [6.45, 7) is 8.97. The summed E-state index contributed by atoms with van der Waals surface area (Å²) >= 11 is 0. The second-order valence-electron chi connectivity index (χ2n) is 7.47. The molecule has 1 fully saturated rings. The average molecular weight is 326 g/mol. The Kier molecular flexibility index (Phi) is 4.76. The van der Waals surface area contributed by atoms with Gasteiger partial charge in [0.15, 0.2) is 0 Å². The Morgan fingerprint density at radius 3 is 2.62 bits per heavy atom. The number of ether oxygens (including phenoxy) is 1. The molecule has 4 nitrogen and oxygen atoms in total. The van der Waals surface area contributed by atoms with Crippen molar-refractivity contribution in [3.8, 4) is 0 Å². The predicted molar refractivity (Wildman–Crippen MR) is 98.3 cm³/mol. The van der Waals surface area contributed by atoms with Gasteiger partial charge in [-0.05, 0) is 69.8 Å². The van der Waals surface area contributed by atoms with Crippen molar-refractivity contribution < 1.29 is 9.53 Å². The number of nitrogens with zero attached hydrogens (tertiary/aromatic N) is 1. The zero-order valence-corrected chi connectivity index (χ0v) is 14.8. The van der Waals surface area contributed by atoms with Crippen LogP contribution in [0, 0.1) is 0 Å². The summed E-state index contributed by atoms with van der Waals surface area (Å²) < 4.78 is 5.35. The molecule has 0 aliphatic carbocycles. The van der Waals surface area contributed by atoms with Crippen LogP contribution in [0.15, 0.2) is 36.4 Å². The van der Waals surface area contributed by atoms with Crippen LogP contribution in [-0.2, 0) is 11.3 Å². The van der Waals surface area contributed by atoms with Crippen LogP contribution >= 0.6 is 0 Å². The maximum absolute atomic E-state index is 12.0. The monoisotopic (exact) mass is 326 g/mol. The summed E-state index contributed by atoms with van der Waals surface area (Å²) in [5.41, 5.74) is 1.60. The fourth-order valence-electron chi connectivity index (χ4n) is 3.15. The van der Waals surface area contributed by atoms with E-state index in [9.17, 15) is 4.79 Å². The van der Waals surface area contributed by atoms with Gasteiger partial charge >= 0.3 is 6.09 Å². The molecular formula is C20H26N2O2. The van der Waals surface area contributed by atoms with Gasteiger partial charge in [-0.2, -0.15) is 0 Å². The van der Waals surface area contributed by atoms with E-state index >= 15 is 0 Å². The number of nitrogens with one attached hydrogen (secondary N) is 1. The highest BCUT2D eigenvalue weighted by Crippen LogP contribution is 2.26. The molecule has 1 aliphatic rings. The highest BCUT2D eigenvalue weighted by Gasteiger charge is 2.17. The third-order valence-corrected chi connectivity index (χ3v) is 4.19. The number of carbonyl (C=O) groups excluding carboxylic acids is 1. The molecular weight excluding hydrogens is 300 g/mol. The van der Waals surface area contributed by atoms with Crippen LogP contribution in [0.25, 0.3) is 10.8 Å². The topological polar surface area (TPSA) is 41.6 Å². The molecule has 2 aromatic rings. The number of carbonyl (C=O) groups is 1. The molecule has 0 spiro atoms. The highest BCUT2D eigenvalue weighted by atomic mass is 16.6. The van der Waals surface area contributed by atoms with Gasteiger partial charge in [-0.25, -0.2) is 4.79 Å². The Balaban J connectivity index is 1.78. The molecule has 0 unspecified atom stereocenters. The van der Waals surface area contributed by atoms with Crippen molar-refractivity contribution in [2.75, 3.05) is 18.4 Å². The van der Waals surface area contributed by atoms with E-state index in [0.29, 0.717) is 0 Å². The molecule has 0 bridgehead atoms. The van der Waals surface area contributed by atoms with E-state index in [4.69, 9.17) is 4.74 Å². The minimum absolute atomic E-state index is 0.420. The Morgan fingerprint density at radius 1 is 1.17 bits per heavy atom. The van der Waals surface area contributed by atoms with Crippen LogP contribution < -0.4 is 5.32 Å². The van der Waals surface area contributed by atoms with Gasteiger partial charge in [0.1, 0.15) is 5.60 Å². The molecule has 128 valence electrons. The summed E-state index contributed by atoms with van der Waals surface area (Å²) in [6.07, 6.45) is 2.19. The van der Waals surface area contributed by atoms with Gasteiger partial charge in [-0.1, -0.05) is 24.3 Å². The Labute approximate surface area is 143 Å². The molecule has 2 aromatic carbocycles. The first-order valence-corrected chi connectivity index (χ1v) is 8.65. The Hall–Kier alpha value is -2.07. The molecule has 0 saturated carbocycles. The number of rotatable bonds is 3. The molecule has 0 aromatic heterocycles. The fraction of sp³-hybridized carbons (Fsp3) is 0.450. The summed E-state index contributed by atoms with van der Waals surface area (Å²) in [4.78, 5) is 14.5. The van der Waals surface area contributed by atoms with E-state index in [1.807, 2.05) is 32.9 Å². The average Bonchev–Trinajstić information content (AvgIpc) is 2.98. The molecule has 1 aliphatic heterocycles. The number of benzene rings is 2. The molecule has 1 N–H and O–H groups in total. The van der Waals surface area contributed by atoms with Crippen LogP contribution in [0.1, 0.15) is 39.2 Å². The van der Waals surface area contributed by atoms with Crippen molar-refractivity contribution in [2.45, 2.75) is 45.8 Å². The van der Waals surface area contributed by atoms with Crippen LogP contribution in [0.3, 0.4) is 0 Å². The van der Waals surface area contributed by atoms with Gasteiger partial charge in [-0.15, -0.1) is 0 Å². The first-order valence-electron chi connectivity index (χ1n) is 8.65. The molecule has 1 saturated heterocycles. The molecule has 1 heterocycles. The zero-order chi connectivity index (χ0) is 17.2. The maximum atomic E-state index is 12.0. The van der Waals surface area contributed by atoms with Gasteiger partial charge in [0.25, 0.3) is 0 Å². The number of anilines is 1. The lowest BCUT2D eigenvalue weighted by atomic mass is 10.0. The van der Waals surface area contributed by atoms with Gasteiger partial charge in [0, 0.05) is 11.9 Å². The highest BCUT2D eigenvalue weighted by molar-refractivity contribution is 6.00. The molecule has 4 heteroatoms. The van der Waals surface area contributed by atoms with E-state index in [0.717, 1.165) is 23.0 Å². The van der Waals surface area contributed by atoms with E-state index < -0.39 is 11.7 Å². The maximum Gasteiger partial charge on any atom is 0.412 e.